The van der Waals surface area contributed by atoms with Gasteiger partial charge in [-0.3, -0.25) is 0 Å². The van der Waals surface area contributed by atoms with Gasteiger partial charge in [-0.15, -0.1) is 11.3 Å². The average Bonchev–Trinajstić information content (AvgIpc) is 2.75. The number of rotatable bonds is 3. The molecule has 1 fully saturated rings. The van der Waals surface area contributed by atoms with Crippen molar-refractivity contribution in [2.45, 2.75) is 32.4 Å². The normalized spacial score (nSPS) is 17.7. The second-order valence-corrected chi connectivity index (χ2v) is 5.93. The van der Waals surface area contributed by atoms with E-state index >= 15 is 0 Å². The molecule has 18 heavy (non-hydrogen) atoms. The fourth-order valence-electron chi connectivity index (χ4n) is 2.14. The van der Waals surface area contributed by atoms with Crippen LogP contribution in [0.5, 0.6) is 0 Å². The zero-order valence-electron chi connectivity index (χ0n) is 11.0. The van der Waals surface area contributed by atoms with Crippen LogP contribution in [0, 0.1) is 6.92 Å². The number of carbonyl (C=O) groups excluding carboxylic acids is 1. The third-order valence-electron chi connectivity index (χ3n) is 3.43. The number of nitrogens with one attached hydrogen (secondary N) is 2. The van der Waals surface area contributed by atoms with E-state index in [1.54, 1.807) is 11.3 Å². The Morgan fingerprint density at radius 1 is 1.50 bits per heavy atom. The first-order chi connectivity index (χ1) is 8.65. The third kappa shape index (κ3) is 3.71. The summed E-state index contributed by atoms with van der Waals surface area (Å²) in [4.78, 5) is 15.3. The van der Waals surface area contributed by atoms with E-state index in [2.05, 4.69) is 41.0 Å². The number of amides is 2. The highest BCUT2D eigenvalue weighted by atomic mass is 32.1. The minimum absolute atomic E-state index is 0.0441. The van der Waals surface area contributed by atoms with Gasteiger partial charge < -0.3 is 15.5 Å². The Morgan fingerprint density at radius 3 is 2.83 bits per heavy atom. The van der Waals surface area contributed by atoms with Crippen molar-refractivity contribution >= 4 is 17.4 Å². The number of piperidine rings is 1. The van der Waals surface area contributed by atoms with Gasteiger partial charge in [0.15, 0.2) is 0 Å². The van der Waals surface area contributed by atoms with E-state index in [9.17, 15) is 4.79 Å². The van der Waals surface area contributed by atoms with E-state index in [4.69, 9.17) is 0 Å². The fraction of sp³-hybridized carbons (Fsp3) is 0.615. The van der Waals surface area contributed by atoms with Gasteiger partial charge in [-0.05, 0) is 56.9 Å². The number of nitrogens with zero attached hydrogens (tertiary/aromatic N) is 1. The summed E-state index contributed by atoms with van der Waals surface area (Å²) in [5.74, 6) is 0. The molecule has 2 amide bonds. The smallest absolute Gasteiger partial charge is 0.315 e. The lowest BCUT2D eigenvalue weighted by Gasteiger charge is -2.29. The standard InChI is InChI=1S/C13H21N3OS/c1-10-5-8-18-12(10)9-14-13(17)15-11-3-6-16(2)7-4-11/h5,8,11H,3-4,6-7,9H2,1-2H3,(H2,14,15,17). The summed E-state index contributed by atoms with van der Waals surface area (Å²) >= 11 is 1.69. The molecule has 0 bridgehead atoms. The summed E-state index contributed by atoms with van der Waals surface area (Å²) in [6, 6.07) is 2.36. The summed E-state index contributed by atoms with van der Waals surface area (Å²) < 4.78 is 0. The van der Waals surface area contributed by atoms with Gasteiger partial charge in [-0.1, -0.05) is 0 Å². The van der Waals surface area contributed by atoms with Crippen LogP contribution >= 0.6 is 11.3 Å². The Balaban J connectivity index is 1.71. The second-order valence-electron chi connectivity index (χ2n) is 4.93. The summed E-state index contributed by atoms with van der Waals surface area (Å²) in [6.45, 7) is 4.83. The van der Waals surface area contributed by atoms with Gasteiger partial charge in [0, 0.05) is 10.9 Å². The number of hydrogen-bond acceptors (Lipinski definition) is 3. The number of likely N-dealkylation sites (tertiary alicyclic amines) is 1. The molecule has 2 heterocycles. The van der Waals surface area contributed by atoms with Crippen molar-refractivity contribution in [2.24, 2.45) is 0 Å². The minimum atomic E-state index is -0.0441. The van der Waals surface area contributed by atoms with E-state index in [1.165, 1.54) is 10.4 Å². The van der Waals surface area contributed by atoms with Crippen molar-refractivity contribution in [3.63, 3.8) is 0 Å². The molecule has 0 aromatic carbocycles. The molecule has 0 atom stereocenters. The van der Waals surface area contributed by atoms with E-state index in [0.29, 0.717) is 12.6 Å². The first-order valence-electron chi connectivity index (χ1n) is 6.41. The van der Waals surface area contributed by atoms with Crippen molar-refractivity contribution < 1.29 is 4.79 Å². The molecule has 100 valence electrons. The maximum atomic E-state index is 11.8. The quantitative estimate of drug-likeness (QED) is 0.879. The SMILES string of the molecule is Cc1ccsc1CNC(=O)NC1CCN(C)CC1. The lowest BCUT2D eigenvalue weighted by molar-refractivity contribution is 0.213. The van der Waals surface area contributed by atoms with Crippen LogP contribution < -0.4 is 10.6 Å². The molecule has 0 radical (unpaired) electrons. The van der Waals surface area contributed by atoms with Crippen LogP contribution in [0.1, 0.15) is 23.3 Å². The predicted molar refractivity (Wildman–Crippen MR) is 74.9 cm³/mol. The van der Waals surface area contributed by atoms with E-state index in [-0.39, 0.29) is 6.03 Å². The molecule has 1 aromatic heterocycles. The highest BCUT2D eigenvalue weighted by molar-refractivity contribution is 7.10. The van der Waals surface area contributed by atoms with E-state index < -0.39 is 0 Å². The maximum absolute atomic E-state index is 11.8. The number of hydrogen-bond donors (Lipinski definition) is 2. The van der Waals surface area contributed by atoms with Gasteiger partial charge >= 0.3 is 6.03 Å². The number of carbonyl (C=O) groups is 1. The first kappa shape index (κ1) is 13.4. The molecule has 0 saturated carbocycles. The lowest BCUT2D eigenvalue weighted by Crippen LogP contribution is -2.46. The van der Waals surface area contributed by atoms with Crippen LogP contribution in [0.15, 0.2) is 11.4 Å². The Morgan fingerprint density at radius 2 is 2.22 bits per heavy atom. The fourth-order valence-corrected chi connectivity index (χ4v) is 2.98. The molecule has 0 unspecified atom stereocenters. The number of thiophene rings is 1. The van der Waals surface area contributed by atoms with Crippen LogP contribution in [0.25, 0.3) is 0 Å². The first-order valence-corrected chi connectivity index (χ1v) is 7.29. The van der Waals surface area contributed by atoms with Crippen LogP contribution in [0.3, 0.4) is 0 Å². The molecule has 1 aliphatic heterocycles. The molecule has 1 aromatic rings. The van der Waals surface area contributed by atoms with Crippen molar-refractivity contribution in [3.8, 4) is 0 Å². The highest BCUT2D eigenvalue weighted by Crippen LogP contribution is 2.14. The monoisotopic (exact) mass is 267 g/mol. The maximum Gasteiger partial charge on any atom is 0.315 e. The van der Waals surface area contributed by atoms with Gasteiger partial charge in [0.25, 0.3) is 0 Å². The number of urea groups is 1. The van der Waals surface area contributed by atoms with Crippen LogP contribution in [0.4, 0.5) is 4.79 Å². The van der Waals surface area contributed by atoms with Crippen LogP contribution in [0.2, 0.25) is 0 Å². The number of aryl methyl sites for hydroxylation is 1. The van der Waals surface area contributed by atoms with Crippen molar-refractivity contribution in [3.05, 3.63) is 21.9 Å². The second kappa shape index (κ2) is 6.20. The molecule has 0 spiro atoms. The summed E-state index contributed by atoms with van der Waals surface area (Å²) in [7, 11) is 2.12. The van der Waals surface area contributed by atoms with Gasteiger partial charge in [-0.2, -0.15) is 0 Å². The molecule has 4 nitrogen and oxygen atoms in total. The molecule has 1 aliphatic rings. The highest BCUT2D eigenvalue weighted by Gasteiger charge is 2.18. The minimum Gasteiger partial charge on any atom is -0.335 e. The van der Waals surface area contributed by atoms with Crippen molar-refractivity contribution in [1.82, 2.24) is 15.5 Å². The van der Waals surface area contributed by atoms with Crippen LogP contribution in [-0.4, -0.2) is 37.1 Å². The molecule has 1 saturated heterocycles. The van der Waals surface area contributed by atoms with Gasteiger partial charge in [0.05, 0.1) is 6.54 Å². The molecule has 0 aliphatic carbocycles. The molecular weight excluding hydrogens is 246 g/mol. The Bertz CT molecular complexity index is 397. The van der Waals surface area contributed by atoms with E-state index in [1.807, 2.05) is 0 Å². The van der Waals surface area contributed by atoms with Crippen molar-refractivity contribution in [1.29, 1.82) is 0 Å². The Hall–Kier alpha value is -1.07. The third-order valence-corrected chi connectivity index (χ3v) is 4.45. The topological polar surface area (TPSA) is 44.4 Å². The molecule has 2 rings (SSSR count). The Kier molecular flexibility index (Phi) is 4.60. The summed E-state index contributed by atoms with van der Waals surface area (Å²) in [5, 5.41) is 8.04. The average molecular weight is 267 g/mol. The Labute approximate surface area is 112 Å². The van der Waals surface area contributed by atoms with Crippen LogP contribution in [-0.2, 0) is 6.54 Å². The molecule has 5 heteroatoms. The molecular formula is C13H21N3OS. The van der Waals surface area contributed by atoms with E-state index in [0.717, 1.165) is 25.9 Å². The predicted octanol–water partition coefficient (Wildman–Crippen LogP) is 1.95. The van der Waals surface area contributed by atoms with Gasteiger partial charge in [0.2, 0.25) is 0 Å². The molecule has 2 N–H and O–H groups in total. The summed E-state index contributed by atoms with van der Waals surface area (Å²) in [6.07, 6.45) is 2.09. The zero-order valence-corrected chi connectivity index (χ0v) is 11.8. The summed E-state index contributed by atoms with van der Waals surface area (Å²) in [5.41, 5.74) is 1.25. The lowest BCUT2D eigenvalue weighted by atomic mass is 10.1. The zero-order chi connectivity index (χ0) is 13.0. The van der Waals surface area contributed by atoms with Gasteiger partial charge in [-0.25, -0.2) is 4.79 Å². The van der Waals surface area contributed by atoms with Crippen molar-refractivity contribution in [2.75, 3.05) is 20.1 Å². The largest absolute Gasteiger partial charge is 0.335 e. The van der Waals surface area contributed by atoms with Gasteiger partial charge in [0.1, 0.15) is 0 Å².